The van der Waals surface area contributed by atoms with E-state index in [1.165, 1.54) is 25.7 Å². The molecule has 1 aromatic carbocycles. The van der Waals surface area contributed by atoms with Crippen molar-refractivity contribution in [2.75, 3.05) is 32.8 Å². The van der Waals surface area contributed by atoms with Gasteiger partial charge in [-0.05, 0) is 31.7 Å². The normalized spacial score (nSPS) is 18.4. The molecule has 0 unspecified atom stereocenters. The molecule has 1 aromatic heterocycles. The van der Waals surface area contributed by atoms with Gasteiger partial charge in [-0.3, -0.25) is 9.69 Å². The first-order chi connectivity index (χ1) is 14.2. The van der Waals surface area contributed by atoms with E-state index in [1.807, 2.05) is 36.1 Å². The molecular formula is C23H30N2O4. The maximum atomic E-state index is 12.6. The molecule has 6 nitrogen and oxygen atoms in total. The van der Waals surface area contributed by atoms with Crippen molar-refractivity contribution in [3.63, 3.8) is 0 Å². The lowest BCUT2D eigenvalue weighted by atomic mass is 10.0. The first kappa shape index (κ1) is 20.0. The highest BCUT2D eigenvalue weighted by Gasteiger charge is 2.28. The Bertz CT molecular complexity index is 861. The molecule has 0 spiro atoms. The van der Waals surface area contributed by atoms with Crippen LogP contribution < -0.4 is 0 Å². The van der Waals surface area contributed by atoms with Crippen LogP contribution in [0.3, 0.4) is 0 Å². The van der Waals surface area contributed by atoms with Crippen LogP contribution in [0.4, 0.5) is 0 Å². The number of benzene rings is 1. The lowest BCUT2D eigenvalue weighted by Gasteiger charge is -2.34. The number of piperazine rings is 1. The third-order valence-electron chi connectivity index (χ3n) is 6.18. The summed E-state index contributed by atoms with van der Waals surface area (Å²) in [5.74, 6) is 1.20. The second-order valence-corrected chi connectivity index (χ2v) is 8.13. The standard InChI is InChI=1S/C23H30N2O4/c1-2-28-23(27)22-18-9-5-6-10-19(18)29-20(22)16-24-11-13-25(14-12-24)21(26)15-17-7-3-4-8-17/h5-6,9-10,17H,2-4,7-8,11-16H2,1H3. The van der Waals surface area contributed by atoms with E-state index in [4.69, 9.17) is 9.15 Å². The molecule has 0 bridgehead atoms. The van der Waals surface area contributed by atoms with Crippen molar-refractivity contribution in [1.82, 2.24) is 9.80 Å². The molecule has 2 aliphatic rings. The maximum absolute atomic E-state index is 12.6. The van der Waals surface area contributed by atoms with E-state index in [-0.39, 0.29) is 5.97 Å². The molecular weight excluding hydrogens is 368 g/mol. The molecule has 0 atom stereocenters. The lowest BCUT2D eigenvalue weighted by molar-refractivity contribution is -0.134. The average molecular weight is 399 g/mol. The Hall–Kier alpha value is -2.34. The Kier molecular flexibility index (Phi) is 6.19. The molecule has 2 aromatic rings. The topological polar surface area (TPSA) is 63.0 Å². The summed E-state index contributed by atoms with van der Waals surface area (Å²) in [6.07, 6.45) is 5.65. The van der Waals surface area contributed by atoms with Gasteiger partial charge in [-0.15, -0.1) is 0 Å². The van der Waals surface area contributed by atoms with Crippen molar-refractivity contribution in [2.45, 2.75) is 45.6 Å². The molecule has 2 fully saturated rings. The molecule has 1 aliphatic carbocycles. The van der Waals surface area contributed by atoms with Crippen molar-refractivity contribution in [3.05, 3.63) is 35.6 Å². The van der Waals surface area contributed by atoms with Crippen LogP contribution >= 0.6 is 0 Å². The number of fused-ring (bicyclic) bond motifs is 1. The largest absolute Gasteiger partial charge is 0.462 e. The van der Waals surface area contributed by atoms with Gasteiger partial charge in [0.2, 0.25) is 5.91 Å². The number of hydrogen-bond donors (Lipinski definition) is 0. The first-order valence-corrected chi connectivity index (χ1v) is 10.8. The third-order valence-corrected chi connectivity index (χ3v) is 6.18. The molecule has 29 heavy (non-hydrogen) atoms. The van der Waals surface area contributed by atoms with Gasteiger partial charge in [-0.1, -0.05) is 31.0 Å². The minimum Gasteiger partial charge on any atom is -0.462 e. The van der Waals surface area contributed by atoms with Gasteiger partial charge in [0.25, 0.3) is 0 Å². The van der Waals surface area contributed by atoms with Gasteiger partial charge in [-0.25, -0.2) is 4.79 Å². The molecule has 1 amide bonds. The fourth-order valence-corrected chi connectivity index (χ4v) is 4.58. The molecule has 2 heterocycles. The van der Waals surface area contributed by atoms with Crippen molar-refractivity contribution in [3.8, 4) is 0 Å². The molecule has 1 saturated heterocycles. The van der Waals surface area contributed by atoms with Crippen molar-refractivity contribution >= 4 is 22.8 Å². The van der Waals surface area contributed by atoms with Gasteiger partial charge in [-0.2, -0.15) is 0 Å². The molecule has 1 saturated carbocycles. The van der Waals surface area contributed by atoms with E-state index in [0.717, 1.165) is 31.6 Å². The van der Waals surface area contributed by atoms with Crippen LogP contribution in [0.5, 0.6) is 0 Å². The Labute approximate surface area is 171 Å². The van der Waals surface area contributed by atoms with Gasteiger partial charge in [0.05, 0.1) is 13.2 Å². The van der Waals surface area contributed by atoms with E-state index in [0.29, 0.717) is 48.3 Å². The van der Waals surface area contributed by atoms with Gasteiger partial charge in [0, 0.05) is 38.0 Å². The molecule has 0 radical (unpaired) electrons. The summed E-state index contributed by atoms with van der Waals surface area (Å²) in [4.78, 5) is 29.4. The molecule has 156 valence electrons. The molecule has 4 rings (SSSR count). The van der Waals surface area contributed by atoms with Crippen LogP contribution in [0.25, 0.3) is 11.0 Å². The fourth-order valence-electron chi connectivity index (χ4n) is 4.58. The highest BCUT2D eigenvalue weighted by molar-refractivity contribution is 6.04. The highest BCUT2D eigenvalue weighted by Crippen LogP contribution is 2.29. The molecule has 6 heteroatoms. The summed E-state index contributed by atoms with van der Waals surface area (Å²) >= 11 is 0. The smallest absolute Gasteiger partial charge is 0.342 e. The van der Waals surface area contributed by atoms with Gasteiger partial charge in [0.1, 0.15) is 16.9 Å². The number of carbonyl (C=O) groups excluding carboxylic acids is 2. The van der Waals surface area contributed by atoms with Crippen LogP contribution in [0.15, 0.2) is 28.7 Å². The Morgan fingerprint density at radius 2 is 1.83 bits per heavy atom. The predicted molar refractivity (Wildman–Crippen MR) is 111 cm³/mol. The number of carbonyl (C=O) groups is 2. The summed E-state index contributed by atoms with van der Waals surface area (Å²) in [5, 5.41) is 0.798. The summed E-state index contributed by atoms with van der Waals surface area (Å²) in [5.41, 5.74) is 1.23. The maximum Gasteiger partial charge on any atom is 0.342 e. The monoisotopic (exact) mass is 398 g/mol. The van der Waals surface area contributed by atoms with Crippen molar-refractivity contribution in [1.29, 1.82) is 0 Å². The molecule has 0 N–H and O–H groups in total. The zero-order chi connectivity index (χ0) is 20.2. The Morgan fingerprint density at radius 1 is 1.10 bits per heavy atom. The van der Waals surface area contributed by atoms with Gasteiger partial charge >= 0.3 is 5.97 Å². The number of furan rings is 1. The molecule has 1 aliphatic heterocycles. The van der Waals surface area contributed by atoms with Crippen LogP contribution in [-0.4, -0.2) is 54.5 Å². The van der Waals surface area contributed by atoms with Crippen LogP contribution in [0.1, 0.15) is 55.1 Å². The summed E-state index contributed by atoms with van der Waals surface area (Å²) in [6, 6.07) is 7.58. The zero-order valence-electron chi connectivity index (χ0n) is 17.2. The summed E-state index contributed by atoms with van der Waals surface area (Å²) in [7, 11) is 0. The number of nitrogens with zero attached hydrogens (tertiary/aromatic N) is 2. The van der Waals surface area contributed by atoms with E-state index in [1.54, 1.807) is 0 Å². The SMILES string of the molecule is CCOC(=O)c1c(CN2CCN(C(=O)CC3CCCC3)CC2)oc2ccccc12. The van der Waals surface area contributed by atoms with Crippen molar-refractivity contribution < 1.29 is 18.7 Å². The number of para-hydroxylation sites is 1. The number of esters is 1. The highest BCUT2D eigenvalue weighted by atomic mass is 16.5. The zero-order valence-corrected chi connectivity index (χ0v) is 17.2. The minimum atomic E-state index is -0.335. The van der Waals surface area contributed by atoms with E-state index in [2.05, 4.69) is 4.90 Å². The van der Waals surface area contributed by atoms with E-state index >= 15 is 0 Å². The third kappa shape index (κ3) is 4.47. The first-order valence-electron chi connectivity index (χ1n) is 10.8. The predicted octanol–water partition coefficient (Wildman–Crippen LogP) is 3.83. The van der Waals surface area contributed by atoms with Crippen LogP contribution in [-0.2, 0) is 16.1 Å². The summed E-state index contributed by atoms with van der Waals surface area (Å²) in [6.45, 7) is 5.74. The number of ether oxygens (including phenoxy) is 1. The Morgan fingerprint density at radius 3 is 2.55 bits per heavy atom. The second-order valence-electron chi connectivity index (χ2n) is 8.13. The van der Waals surface area contributed by atoms with E-state index < -0.39 is 0 Å². The number of rotatable bonds is 6. The van der Waals surface area contributed by atoms with Crippen LogP contribution in [0.2, 0.25) is 0 Å². The average Bonchev–Trinajstić information content (AvgIpc) is 3.36. The second kappa shape index (κ2) is 8.99. The lowest BCUT2D eigenvalue weighted by Crippen LogP contribution is -2.48. The van der Waals surface area contributed by atoms with Gasteiger partial charge in [0.15, 0.2) is 0 Å². The Balaban J connectivity index is 1.40. The summed E-state index contributed by atoms with van der Waals surface area (Å²) < 4.78 is 11.3. The number of hydrogen-bond acceptors (Lipinski definition) is 5. The quantitative estimate of drug-likeness (QED) is 0.692. The minimum absolute atomic E-state index is 0.299. The van der Waals surface area contributed by atoms with E-state index in [9.17, 15) is 9.59 Å². The van der Waals surface area contributed by atoms with Gasteiger partial charge < -0.3 is 14.1 Å². The van der Waals surface area contributed by atoms with Crippen LogP contribution in [0, 0.1) is 5.92 Å². The fraction of sp³-hybridized carbons (Fsp3) is 0.565. The van der Waals surface area contributed by atoms with Crippen molar-refractivity contribution in [2.24, 2.45) is 5.92 Å². The number of amides is 1.